The van der Waals surface area contributed by atoms with Gasteiger partial charge in [-0.1, -0.05) is 19.1 Å². The van der Waals surface area contributed by atoms with Crippen molar-refractivity contribution in [3.05, 3.63) is 29.3 Å². The van der Waals surface area contributed by atoms with E-state index in [9.17, 15) is 5.11 Å². The number of hydrogen-bond donors (Lipinski definition) is 2. The molecule has 1 aliphatic heterocycles. The van der Waals surface area contributed by atoms with Crippen LogP contribution in [0.25, 0.3) is 0 Å². The summed E-state index contributed by atoms with van der Waals surface area (Å²) in [6.07, 6.45) is 0.717. The highest BCUT2D eigenvalue weighted by Crippen LogP contribution is 2.26. The number of hydrogen-bond acceptors (Lipinski definition) is 3. The molecule has 0 amide bonds. The van der Waals surface area contributed by atoms with E-state index in [0.717, 1.165) is 19.5 Å². The number of aliphatic hydroxyl groups is 1. The summed E-state index contributed by atoms with van der Waals surface area (Å²) in [5.74, 6) is 0.345. The Balaban J connectivity index is 2.17. The Morgan fingerprint density at radius 2 is 2.24 bits per heavy atom. The fraction of sp³-hybridized carbons (Fsp3) is 0.571. The molecular formula is C14H22N2O. The highest BCUT2D eigenvalue weighted by Gasteiger charge is 2.24. The Morgan fingerprint density at radius 1 is 1.47 bits per heavy atom. The zero-order valence-corrected chi connectivity index (χ0v) is 10.7. The minimum Gasteiger partial charge on any atom is -0.393 e. The Morgan fingerprint density at radius 3 is 2.82 bits per heavy atom. The van der Waals surface area contributed by atoms with Crippen LogP contribution in [-0.4, -0.2) is 24.3 Å². The van der Waals surface area contributed by atoms with Gasteiger partial charge in [0.05, 0.1) is 6.10 Å². The molecule has 94 valence electrons. The summed E-state index contributed by atoms with van der Waals surface area (Å²) >= 11 is 0. The third kappa shape index (κ3) is 2.61. The van der Waals surface area contributed by atoms with E-state index in [0.29, 0.717) is 12.5 Å². The molecule has 1 fully saturated rings. The van der Waals surface area contributed by atoms with Crippen LogP contribution in [-0.2, 0) is 6.54 Å². The Bertz CT molecular complexity index is 392. The zero-order chi connectivity index (χ0) is 12.4. The van der Waals surface area contributed by atoms with Crippen LogP contribution in [0.2, 0.25) is 0 Å². The summed E-state index contributed by atoms with van der Waals surface area (Å²) in [4.78, 5) is 2.37. The average molecular weight is 234 g/mol. The molecule has 1 saturated heterocycles. The molecular weight excluding hydrogens is 212 g/mol. The Labute approximate surface area is 103 Å². The molecule has 2 unspecified atom stereocenters. The minimum atomic E-state index is -0.144. The zero-order valence-electron chi connectivity index (χ0n) is 10.7. The number of nitrogens with zero attached hydrogens (tertiary/aromatic N) is 1. The van der Waals surface area contributed by atoms with Gasteiger partial charge in [-0.05, 0) is 36.5 Å². The summed E-state index contributed by atoms with van der Waals surface area (Å²) in [6, 6.07) is 6.41. The highest BCUT2D eigenvalue weighted by atomic mass is 16.3. The fourth-order valence-electron chi connectivity index (χ4n) is 2.55. The summed E-state index contributed by atoms with van der Waals surface area (Å²) in [6.45, 7) is 6.71. The molecule has 3 N–H and O–H groups in total. The predicted octanol–water partition coefficient (Wildman–Crippen LogP) is 1.66. The third-order valence-corrected chi connectivity index (χ3v) is 3.70. The first-order chi connectivity index (χ1) is 8.11. The van der Waals surface area contributed by atoms with Crippen LogP contribution in [0.15, 0.2) is 18.2 Å². The topological polar surface area (TPSA) is 49.5 Å². The minimum absolute atomic E-state index is 0.144. The van der Waals surface area contributed by atoms with Crippen LogP contribution < -0.4 is 10.6 Å². The SMILES string of the molecule is Cc1cc(CN)ccc1N1CCC(O)C(C)C1. The average Bonchev–Trinajstić information content (AvgIpc) is 2.32. The van der Waals surface area contributed by atoms with Crippen molar-refractivity contribution in [1.29, 1.82) is 0 Å². The molecule has 1 heterocycles. The monoisotopic (exact) mass is 234 g/mol. The van der Waals surface area contributed by atoms with Gasteiger partial charge in [0.15, 0.2) is 0 Å². The van der Waals surface area contributed by atoms with E-state index in [-0.39, 0.29) is 6.10 Å². The van der Waals surface area contributed by atoms with E-state index >= 15 is 0 Å². The Kier molecular flexibility index (Phi) is 3.69. The van der Waals surface area contributed by atoms with Crippen molar-refractivity contribution in [2.75, 3.05) is 18.0 Å². The second kappa shape index (κ2) is 5.07. The van der Waals surface area contributed by atoms with Crippen LogP contribution in [0.3, 0.4) is 0 Å². The second-order valence-corrected chi connectivity index (χ2v) is 5.10. The van der Waals surface area contributed by atoms with Gasteiger partial charge in [0.25, 0.3) is 0 Å². The maximum atomic E-state index is 9.75. The van der Waals surface area contributed by atoms with Crippen molar-refractivity contribution in [1.82, 2.24) is 0 Å². The molecule has 0 saturated carbocycles. The first-order valence-electron chi connectivity index (χ1n) is 6.34. The lowest BCUT2D eigenvalue weighted by Gasteiger charge is -2.36. The lowest BCUT2D eigenvalue weighted by atomic mass is 9.95. The molecule has 2 atom stereocenters. The molecule has 1 aromatic carbocycles. The van der Waals surface area contributed by atoms with E-state index in [2.05, 4.69) is 36.9 Å². The highest BCUT2D eigenvalue weighted by molar-refractivity contribution is 5.54. The number of rotatable bonds is 2. The van der Waals surface area contributed by atoms with E-state index in [4.69, 9.17) is 5.73 Å². The van der Waals surface area contributed by atoms with Crippen molar-refractivity contribution in [2.45, 2.75) is 32.9 Å². The van der Waals surface area contributed by atoms with Crippen LogP contribution in [0.1, 0.15) is 24.5 Å². The molecule has 3 nitrogen and oxygen atoms in total. The van der Waals surface area contributed by atoms with Crippen molar-refractivity contribution in [3.63, 3.8) is 0 Å². The van der Waals surface area contributed by atoms with E-state index in [1.807, 2.05) is 0 Å². The van der Waals surface area contributed by atoms with Gasteiger partial charge in [0.2, 0.25) is 0 Å². The summed E-state index contributed by atoms with van der Waals surface area (Å²) in [7, 11) is 0. The number of piperidine rings is 1. The molecule has 2 rings (SSSR count). The largest absolute Gasteiger partial charge is 0.393 e. The lowest BCUT2D eigenvalue weighted by molar-refractivity contribution is 0.0970. The number of anilines is 1. The van der Waals surface area contributed by atoms with Crippen LogP contribution >= 0.6 is 0 Å². The first kappa shape index (κ1) is 12.4. The van der Waals surface area contributed by atoms with Gasteiger partial charge in [0.1, 0.15) is 0 Å². The van der Waals surface area contributed by atoms with Gasteiger partial charge in [-0.3, -0.25) is 0 Å². The van der Waals surface area contributed by atoms with Crippen LogP contribution in [0, 0.1) is 12.8 Å². The van der Waals surface area contributed by atoms with Crippen molar-refractivity contribution in [3.8, 4) is 0 Å². The number of aryl methyl sites for hydroxylation is 1. The van der Waals surface area contributed by atoms with Gasteiger partial charge < -0.3 is 15.7 Å². The number of aliphatic hydroxyl groups excluding tert-OH is 1. The van der Waals surface area contributed by atoms with E-state index in [1.54, 1.807) is 0 Å². The van der Waals surface area contributed by atoms with E-state index in [1.165, 1.54) is 16.8 Å². The molecule has 1 aliphatic rings. The molecule has 0 bridgehead atoms. The van der Waals surface area contributed by atoms with Gasteiger partial charge in [0, 0.05) is 25.3 Å². The summed E-state index contributed by atoms with van der Waals surface area (Å²) < 4.78 is 0. The molecule has 1 aromatic rings. The lowest BCUT2D eigenvalue weighted by Crippen LogP contribution is -2.42. The van der Waals surface area contributed by atoms with E-state index < -0.39 is 0 Å². The first-order valence-corrected chi connectivity index (χ1v) is 6.34. The summed E-state index contributed by atoms with van der Waals surface area (Å²) in [5.41, 5.74) is 9.37. The molecule has 17 heavy (non-hydrogen) atoms. The normalized spacial score (nSPS) is 25.1. The molecule has 0 aromatic heterocycles. The van der Waals surface area contributed by atoms with Gasteiger partial charge in [-0.25, -0.2) is 0 Å². The maximum Gasteiger partial charge on any atom is 0.0599 e. The molecule has 0 spiro atoms. The van der Waals surface area contributed by atoms with Gasteiger partial charge in [-0.2, -0.15) is 0 Å². The Hall–Kier alpha value is -1.06. The molecule has 0 aliphatic carbocycles. The fourth-order valence-corrected chi connectivity index (χ4v) is 2.55. The maximum absolute atomic E-state index is 9.75. The standard InChI is InChI=1S/C14H22N2O/c1-10-7-12(8-15)3-4-13(10)16-6-5-14(17)11(2)9-16/h3-4,7,11,14,17H,5-6,8-9,15H2,1-2H3. The van der Waals surface area contributed by atoms with Crippen LogP contribution in [0.5, 0.6) is 0 Å². The third-order valence-electron chi connectivity index (χ3n) is 3.70. The predicted molar refractivity (Wildman–Crippen MR) is 71.1 cm³/mol. The molecule has 3 heteroatoms. The van der Waals surface area contributed by atoms with Gasteiger partial charge in [-0.15, -0.1) is 0 Å². The molecule has 0 radical (unpaired) electrons. The van der Waals surface area contributed by atoms with Crippen LogP contribution in [0.4, 0.5) is 5.69 Å². The quantitative estimate of drug-likeness (QED) is 0.818. The van der Waals surface area contributed by atoms with Gasteiger partial charge >= 0.3 is 0 Å². The van der Waals surface area contributed by atoms with Crippen molar-refractivity contribution in [2.24, 2.45) is 11.7 Å². The smallest absolute Gasteiger partial charge is 0.0599 e. The van der Waals surface area contributed by atoms with Crippen molar-refractivity contribution < 1.29 is 5.11 Å². The number of benzene rings is 1. The van der Waals surface area contributed by atoms with Crippen molar-refractivity contribution >= 4 is 5.69 Å². The second-order valence-electron chi connectivity index (χ2n) is 5.10. The number of nitrogens with two attached hydrogens (primary N) is 1. The summed E-state index contributed by atoms with van der Waals surface area (Å²) in [5, 5.41) is 9.75.